The van der Waals surface area contributed by atoms with E-state index in [4.69, 9.17) is 4.74 Å². The van der Waals surface area contributed by atoms with Gasteiger partial charge in [-0.05, 0) is 61.9 Å². The summed E-state index contributed by atoms with van der Waals surface area (Å²) >= 11 is 0. The van der Waals surface area contributed by atoms with Crippen molar-refractivity contribution < 1.29 is 22.7 Å². The van der Waals surface area contributed by atoms with Crippen LogP contribution in [-0.2, 0) is 4.79 Å². The molecule has 30 heavy (non-hydrogen) atoms. The zero-order valence-electron chi connectivity index (χ0n) is 16.8. The van der Waals surface area contributed by atoms with Crippen LogP contribution >= 0.6 is 0 Å². The first kappa shape index (κ1) is 19.8. The number of likely N-dealkylation sites (tertiary alicyclic amines) is 1. The van der Waals surface area contributed by atoms with Crippen LogP contribution in [0.4, 0.5) is 13.2 Å². The number of piperidine rings is 1. The second-order valence-electron chi connectivity index (χ2n) is 8.91. The molecule has 2 atom stereocenters. The number of alkyl halides is 3. The van der Waals surface area contributed by atoms with Crippen LogP contribution in [0.3, 0.4) is 0 Å². The third-order valence-electron chi connectivity index (χ3n) is 6.79. The molecule has 5 rings (SSSR count). The Bertz CT molecular complexity index is 827. The van der Waals surface area contributed by atoms with Gasteiger partial charge in [0.1, 0.15) is 18.4 Å². The number of carbonyl (C=O) groups is 1. The molecule has 4 aliphatic rings. The normalized spacial score (nSPS) is 28.0. The highest BCUT2D eigenvalue weighted by molar-refractivity contribution is 6.09. The molecule has 5 nitrogen and oxygen atoms in total. The van der Waals surface area contributed by atoms with Crippen LogP contribution < -0.4 is 4.74 Å². The first-order valence-electron chi connectivity index (χ1n) is 10.9. The standard InChI is InChI=1S/C22H26F3N3O2/c23-22(24,25)13-28-21(29)19-12-18(19)20(26-28)14-4-6-16(7-5-14)30-17-8-10-27(11-9-17)15-2-1-3-15/h4-7,15,17-19H,1-3,8-13H2. The number of hydrogen-bond acceptors (Lipinski definition) is 4. The Kier molecular flexibility index (Phi) is 5.00. The fraction of sp³-hybridized carbons (Fsp3) is 0.636. The van der Waals surface area contributed by atoms with Crippen molar-refractivity contribution in [1.82, 2.24) is 9.91 Å². The molecular formula is C22H26F3N3O2. The van der Waals surface area contributed by atoms with E-state index in [1.807, 2.05) is 24.3 Å². The van der Waals surface area contributed by atoms with E-state index in [9.17, 15) is 18.0 Å². The number of rotatable bonds is 5. The first-order chi connectivity index (χ1) is 14.4. The molecule has 2 aliphatic heterocycles. The molecule has 3 fully saturated rings. The van der Waals surface area contributed by atoms with Crippen molar-refractivity contribution in [3.63, 3.8) is 0 Å². The predicted molar refractivity (Wildman–Crippen MR) is 105 cm³/mol. The Morgan fingerprint density at radius 1 is 1.03 bits per heavy atom. The van der Waals surface area contributed by atoms with E-state index < -0.39 is 18.6 Å². The molecular weight excluding hydrogens is 395 g/mol. The zero-order valence-corrected chi connectivity index (χ0v) is 16.8. The van der Waals surface area contributed by atoms with Gasteiger partial charge in [-0.15, -0.1) is 0 Å². The lowest BCUT2D eigenvalue weighted by Gasteiger charge is -2.41. The molecule has 0 N–H and O–H groups in total. The summed E-state index contributed by atoms with van der Waals surface area (Å²) in [6.07, 6.45) is 2.35. The molecule has 1 saturated heterocycles. The van der Waals surface area contributed by atoms with Crippen LogP contribution in [0.15, 0.2) is 29.4 Å². The van der Waals surface area contributed by atoms with Crippen molar-refractivity contribution in [1.29, 1.82) is 0 Å². The number of amides is 1. The van der Waals surface area contributed by atoms with Crippen molar-refractivity contribution in [3.8, 4) is 5.75 Å². The number of nitrogens with zero attached hydrogens (tertiary/aromatic N) is 3. The van der Waals surface area contributed by atoms with Crippen LogP contribution in [-0.4, -0.2) is 59.5 Å². The molecule has 8 heteroatoms. The van der Waals surface area contributed by atoms with Crippen molar-refractivity contribution >= 4 is 11.6 Å². The van der Waals surface area contributed by atoms with E-state index >= 15 is 0 Å². The highest BCUT2D eigenvalue weighted by Crippen LogP contribution is 2.46. The average molecular weight is 421 g/mol. The van der Waals surface area contributed by atoms with E-state index in [1.165, 1.54) is 19.3 Å². The number of ether oxygens (including phenoxy) is 1. The number of carbonyl (C=O) groups excluding carboxylic acids is 1. The highest BCUT2D eigenvalue weighted by atomic mass is 19.4. The molecule has 162 valence electrons. The van der Waals surface area contributed by atoms with Gasteiger partial charge >= 0.3 is 6.18 Å². The van der Waals surface area contributed by atoms with E-state index in [0.29, 0.717) is 17.1 Å². The van der Waals surface area contributed by atoms with Crippen LogP contribution in [0.5, 0.6) is 5.75 Å². The molecule has 2 saturated carbocycles. The van der Waals surface area contributed by atoms with Crippen LogP contribution in [0, 0.1) is 11.8 Å². The van der Waals surface area contributed by atoms with Gasteiger partial charge in [0.25, 0.3) is 0 Å². The van der Waals surface area contributed by atoms with Crippen molar-refractivity contribution in [2.75, 3.05) is 19.6 Å². The number of hydrogen-bond donors (Lipinski definition) is 0. The largest absolute Gasteiger partial charge is 0.490 e. The maximum absolute atomic E-state index is 12.8. The predicted octanol–water partition coefficient (Wildman–Crippen LogP) is 3.83. The molecule has 2 heterocycles. The Hall–Kier alpha value is -2.09. The number of fused-ring (bicyclic) bond motifs is 1. The summed E-state index contributed by atoms with van der Waals surface area (Å²) in [7, 11) is 0. The maximum Gasteiger partial charge on any atom is 0.408 e. The minimum atomic E-state index is -4.46. The molecule has 0 bridgehead atoms. The molecule has 2 unspecified atom stereocenters. The van der Waals surface area contributed by atoms with E-state index in [0.717, 1.165) is 43.3 Å². The molecule has 1 aromatic carbocycles. The first-order valence-corrected chi connectivity index (χ1v) is 10.9. The average Bonchev–Trinajstić information content (AvgIpc) is 3.45. The summed E-state index contributed by atoms with van der Waals surface area (Å²) in [5.41, 5.74) is 1.33. The highest BCUT2D eigenvalue weighted by Gasteiger charge is 2.53. The minimum Gasteiger partial charge on any atom is -0.490 e. The Balaban J connectivity index is 1.22. The van der Waals surface area contributed by atoms with Gasteiger partial charge in [-0.25, -0.2) is 5.01 Å². The van der Waals surface area contributed by atoms with Crippen LogP contribution in [0.1, 0.15) is 44.1 Å². The van der Waals surface area contributed by atoms with E-state index in [2.05, 4.69) is 10.0 Å². The van der Waals surface area contributed by atoms with Crippen LogP contribution in [0.2, 0.25) is 0 Å². The van der Waals surface area contributed by atoms with Gasteiger partial charge in [-0.2, -0.15) is 18.3 Å². The maximum atomic E-state index is 12.8. The van der Waals surface area contributed by atoms with Gasteiger partial charge in [-0.1, -0.05) is 6.42 Å². The molecule has 2 aliphatic carbocycles. The summed E-state index contributed by atoms with van der Waals surface area (Å²) in [4.78, 5) is 14.7. The van der Waals surface area contributed by atoms with Crippen molar-refractivity contribution in [2.45, 2.75) is 56.8 Å². The molecule has 1 aromatic rings. The third-order valence-corrected chi connectivity index (χ3v) is 6.79. The quantitative estimate of drug-likeness (QED) is 0.726. The van der Waals surface area contributed by atoms with Gasteiger partial charge in [-0.3, -0.25) is 4.79 Å². The monoisotopic (exact) mass is 421 g/mol. The lowest BCUT2D eigenvalue weighted by molar-refractivity contribution is -0.162. The van der Waals surface area contributed by atoms with Gasteiger partial charge in [0.15, 0.2) is 0 Å². The number of benzene rings is 1. The number of halogens is 3. The molecule has 1 amide bonds. The zero-order chi connectivity index (χ0) is 20.9. The Morgan fingerprint density at radius 3 is 2.33 bits per heavy atom. The Labute approximate surface area is 173 Å². The van der Waals surface area contributed by atoms with E-state index in [1.54, 1.807) is 0 Å². The smallest absolute Gasteiger partial charge is 0.408 e. The van der Waals surface area contributed by atoms with Gasteiger partial charge in [0.2, 0.25) is 5.91 Å². The fourth-order valence-electron chi connectivity index (χ4n) is 4.78. The Morgan fingerprint density at radius 2 is 1.73 bits per heavy atom. The SMILES string of the molecule is O=C1C2CC2C(c2ccc(OC3CCN(C4CCC4)CC3)cc2)=NN1CC(F)(F)F. The lowest BCUT2D eigenvalue weighted by Crippen LogP contribution is -2.46. The second kappa shape index (κ2) is 7.55. The fourth-order valence-corrected chi connectivity index (χ4v) is 4.78. The van der Waals surface area contributed by atoms with Gasteiger partial charge in [0.05, 0.1) is 5.71 Å². The van der Waals surface area contributed by atoms with Gasteiger partial charge in [0, 0.05) is 31.0 Å². The molecule has 0 aromatic heterocycles. The topological polar surface area (TPSA) is 45.1 Å². The number of hydrazone groups is 1. The van der Waals surface area contributed by atoms with E-state index in [-0.39, 0.29) is 17.9 Å². The second-order valence-corrected chi connectivity index (χ2v) is 8.91. The van der Waals surface area contributed by atoms with Crippen molar-refractivity contribution in [2.24, 2.45) is 16.9 Å². The summed E-state index contributed by atoms with van der Waals surface area (Å²) in [5.74, 6) is -0.177. The molecule has 0 spiro atoms. The summed E-state index contributed by atoms with van der Waals surface area (Å²) in [6, 6.07) is 8.18. The molecule has 0 radical (unpaired) electrons. The lowest BCUT2D eigenvalue weighted by atomic mass is 9.90. The summed E-state index contributed by atoms with van der Waals surface area (Å²) in [6.45, 7) is 0.825. The van der Waals surface area contributed by atoms with Crippen LogP contribution in [0.25, 0.3) is 0 Å². The van der Waals surface area contributed by atoms with Crippen molar-refractivity contribution in [3.05, 3.63) is 29.8 Å². The summed E-state index contributed by atoms with van der Waals surface area (Å²) < 4.78 is 44.4. The van der Waals surface area contributed by atoms with Gasteiger partial charge < -0.3 is 9.64 Å². The summed E-state index contributed by atoms with van der Waals surface area (Å²) in [5, 5.41) is 4.65. The third kappa shape index (κ3) is 4.06. The minimum absolute atomic E-state index is 0.0652.